The molecule has 0 unspecified atom stereocenters. The maximum absolute atomic E-state index is 13.6. The molecule has 5 nitrogen and oxygen atoms in total. The Morgan fingerprint density at radius 2 is 1.65 bits per heavy atom. The summed E-state index contributed by atoms with van der Waals surface area (Å²) in [5.74, 6) is -0.0779. The van der Waals surface area contributed by atoms with Gasteiger partial charge in [0.1, 0.15) is 24.0 Å². The summed E-state index contributed by atoms with van der Waals surface area (Å²) in [5.41, 5.74) is 2.41. The van der Waals surface area contributed by atoms with Crippen LogP contribution in [0.4, 0.5) is 14.5 Å². The first-order valence-corrected chi connectivity index (χ1v) is 11.5. The summed E-state index contributed by atoms with van der Waals surface area (Å²) in [6.07, 6.45) is -0.757. The summed E-state index contributed by atoms with van der Waals surface area (Å²) in [4.78, 5) is 4.32. The minimum atomic E-state index is -0.757. The molecule has 3 aromatic rings. The number of ether oxygens (including phenoxy) is 1. The van der Waals surface area contributed by atoms with E-state index in [4.69, 9.17) is 21.4 Å². The molecule has 1 heterocycles. The number of nitrogens with zero attached hydrogens (tertiary/aromatic N) is 2. The number of β-amino-alcohol motifs (C(OH)–C–C–N with tert-alkyl or cyclic N) is 1. The van der Waals surface area contributed by atoms with Crippen molar-refractivity contribution >= 4 is 17.3 Å². The minimum Gasteiger partial charge on any atom is -0.491 e. The summed E-state index contributed by atoms with van der Waals surface area (Å²) in [6, 6.07) is 17.6. The maximum Gasteiger partial charge on any atom is 0.123 e. The van der Waals surface area contributed by atoms with Gasteiger partial charge in [0, 0.05) is 32.2 Å². The van der Waals surface area contributed by atoms with Crippen molar-refractivity contribution < 1.29 is 23.7 Å². The molecule has 3 aromatic carbocycles. The van der Waals surface area contributed by atoms with E-state index in [1.807, 2.05) is 12.1 Å². The lowest BCUT2D eigenvalue weighted by atomic mass is 10.00. The lowest BCUT2D eigenvalue weighted by Gasteiger charge is -2.44. The summed E-state index contributed by atoms with van der Waals surface area (Å²) in [7, 11) is 0. The van der Waals surface area contributed by atoms with Crippen LogP contribution in [0.5, 0.6) is 5.75 Å². The zero-order chi connectivity index (χ0) is 24.1. The molecule has 180 valence electrons. The molecule has 2 N–H and O–H groups in total. The van der Waals surface area contributed by atoms with E-state index < -0.39 is 6.10 Å². The normalized spacial score (nSPS) is 17.6. The van der Waals surface area contributed by atoms with Gasteiger partial charge in [-0.25, -0.2) is 8.78 Å². The second-order valence-electron chi connectivity index (χ2n) is 8.27. The summed E-state index contributed by atoms with van der Waals surface area (Å²) < 4.78 is 32.3. The molecular formula is C26H27ClF2N2O3. The highest BCUT2D eigenvalue weighted by atomic mass is 35.5. The molecule has 4 rings (SSSR count). The average Bonchev–Trinajstić information content (AvgIpc) is 2.84. The summed E-state index contributed by atoms with van der Waals surface area (Å²) in [6.45, 7) is 2.38. The van der Waals surface area contributed by atoms with Crippen LogP contribution in [0.3, 0.4) is 0 Å². The van der Waals surface area contributed by atoms with Gasteiger partial charge < -0.3 is 19.8 Å². The lowest BCUT2D eigenvalue weighted by molar-refractivity contribution is 0.100. The third-order valence-corrected chi connectivity index (χ3v) is 6.30. The molecule has 34 heavy (non-hydrogen) atoms. The predicted octanol–water partition coefficient (Wildman–Crippen LogP) is 4.59. The molecule has 0 aliphatic carbocycles. The summed E-state index contributed by atoms with van der Waals surface area (Å²) in [5, 5.41) is 20.2. The largest absolute Gasteiger partial charge is 0.491 e. The van der Waals surface area contributed by atoms with E-state index in [1.54, 1.807) is 30.3 Å². The number of anilines is 1. The van der Waals surface area contributed by atoms with Crippen molar-refractivity contribution in [2.75, 3.05) is 44.3 Å². The molecule has 0 amide bonds. The van der Waals surface area contributed by atoms with E-state index in [2.05, 4.69) is 9.80 Å². The smallest absolute Gasteiger partial charge is 0.123 e. The van der Waals surface area contributed by atoms with Gasteiger partial charge in [0.15, 0.2) is 0 Å². The predicted molar refractivity (Wildman–Crippen MR) is 128 cm³/mol. The van der Waals surface area contributed by atoms with Gasteiger partial charge in [-0.15, -0.1) is 0 Å². The standard InChI is InChI=1S/C26H27ClF2N2O3/c27-23-15-22(34-14-13-32)9-10-24(23)31-12-11-30(16-25(31)18-1-5-20(28)6-2-18)17-26(33)19-3-7-21(29)8-4-19/h1-10,15,25-26,32-33H,11-14,16-17H2/t25-,26-/m0/s1. The number of rotatable bonds is 8. The van der Waals surface area contributed by atoms with Crippen LogP contribution in [0, 0.1) is 11.6 Å². The molecule has 8 heteroatoms. The van der Waals surface area contributed by atoms with Crippen LogP contribution in [0.1, 0.15) is 23.3 Å². The van der Waals surface area contributed by atoms with Gasteiger partial charge in [-0.1, -0.05) is 35.9 Å². The topological polar surface area (TPSA) is 56.2 Å². The molecule has 0 bridgehead atoms. The molecule has 1 aliphatic heterocycles. The average molecular weight is 489 g/mol. The number of piperazine rings is 1. The Balaban J connectivity index is 1.55. The fourth-order valence-electron chi connectivity index (χ4n) is 4.27. The van der Waals surface area contributed by atoms with Gasteiger partial charge in [0.25, 0.3) is 0 Å². The van der Waals surface area contributed by atoms with Gasteiger partial charge in [0.05, 0.1) is 29.5 Å². The number of hydrogen-bond donors (Lipinski definition) is 2. The van der Waals surface area contributed by atoms with Gasteiger partial charge in [-0.2, -0.15) is 0 Å². The third kappa shape index (κ3) is 5.85. The van der Waals surface area contributed by atoms with Crippen LogP contribution >= 0.6 is 11.6 Å². The van der Waals surface area contributed by atoms with Gasteiger partial charge in [-0.3, -0.25) is 4.90 Å². The van der Waals surface area contributed by atoms with Crippen molar-refractivity contribution in [3.05, 3.63) is 94.5 Å². The van der Waals surface area contributed by atoms with E-state index in [-0.39, 0.29) is 30.9 Å². The first kappa shape index (κ1) is 24.4. The Hall–Kier alpha value is -2.71. The van der Waals surface area contributed by atoms with Crippen LogP contribution in [0.25, 0.3) is 0 Å². The molecule has 2 atom stereocenters. The molecule has 1 saturated heterocycles. The van der Waals surface area contributed by atoms with Crippen LogP contribution in [0.2, 0.25) is 5.02 Å². The molecule has 0 spiro atoms. The van der Waals surface area contributed by atoms with Crippen LogP contribution < -0.4 is 9.64 Å². The molecule has 1 fully saturated rings. The van der Waals surface area contributed by atoms with Crippen molar-refractivity contribution in [1.29, 1.82) is 0 Å². The van der Waals surface area contributed by atoms with Gasteiger partial charge in [0.2, 0.25) is 0 Å². The highest BCUT2D eigenvalue weighted by Gasteiger charge is 2.31. The SMILES string of the molecule is OCCOc1ccc(N2CCN(C[C@H](O)c3ccc(F)cc3)C[C@H]2c2ccc(F)cc2)c(Cl)c1. The van der Waals surface area contributed by atoms with E-state index in [0.29, 0.717) is 42.5 Å². The zero-order valence-corrected chi connectivity index (χ0v) is 19.3. The monoisotopic (exact) mass is 488 g/mol. The molecule has 0 aromatic heterocycles. The van der Waals surface area contributed by atoms with Crippen molar-refractivity contribution in [1.82, 2.24) is 4.90 Å². The fraction of sp³-hybridized carbons (Fsp3) is 0.308. The van der Waals surface area contributed by atoms with Gasteiger partial charge >= 0.3 is 0 Å². The van der Waals surface area contributed by atoms with Crippen LogP contribution in [-0.2, 0) is 0 Å². The van der Waals surface area contributed by atoms with Crippen molar-refractivity contribution in [2.24, 2.45) is 0 Å². The highest BCUT2D eigenvalue weighted by Crippen LogP contribution is 2.37. The van der Waals surface area contributed by atoms with Gasteiger partial charge in [-0.05, 0) is 47.5 Å². The Kier molecular flexibility index (Phi) is 8.00. The van der Waals surface area contributed by atoms with Crippen molar-refractivity contribution in [2.45, 2.75) is 12.1 Å². The number of aliphatic hydroxyl groups is 2. The van der Waals surface area contributed by atoms with Crippen LogP contribution in [-0.4, -0.2) is 54.5 Å². The fourth-order valence-corrected chi connectivity index (χ4v) is 4.55. The third-order valence-electron chi connectivity index (χ3n) is 5.99. The Labute approximate surface area is 202 Å². The molecule has 1 aliphatic rings. The Bertz CT molecular complexity index is 1080. The number of halogens is 3. The number of aliphatic hydroxyl groups excluding tert-OH is 2. The Morgan fingerprint density at radius 1 is 0.971 bits per heavy atom. The lowest BCUT2D eigenvalue weighted by Crippen LogP contribution is -2.49. The summed E-state index contributed by atoms with van der Waals surface area (Å²) >= 11 is 6.60. The van der Waals surface area contributed by atoms with Crippen molar-refractivity contribution in [3.8, 4) is 5.75 Å². The number of hydrogen-bond acceptors (Lipinski definition) is 5. The second kappa shape index (κ2) is 11.1. The van der Waals surface area contributed by atoms with E-state index in [1.165, 1.54) is 24.3 Å². The molecular weight excluding hydrogens is 462 g/mol. The number of benzene rings is 3. The van der Waals surface area contributed by atoms with Crippen molar-refractivity contribution in [3.63, 3.8) is 0 Å². The molecule has 0 saturated carbocycles. The quantitative estimate of drug-likeness (QED) is 0.486. The first-order valence-electron chi connectivity index (χ1n) is 11.2. The Morgan fingerprint density at radius 3 is 2.29 bits per heavy atom. The highest BCUT2D eigenvalue weighted by molar-refractivity contribution is 6.33. The minimum absolute atomic E-state index is 0.0856. The molecule has 0 radical (unpaired) electrons. The maximum atomic E-state index is 13.6. The zero-order valence-electron chi connectivity index (χ0n) is 18.6. The van der Waals surface area contributed by atoms with E-state index in [0.717, 1.165) is 11.3 Å². The van der Waals surface area contributed by atoms with E-state index >= 15 is 0 Å². The van der Waals surface area contributed by atoms with Crippen LogP contribution in [0.15, 0.2) is 66.7 Å². The second-order valence-corrected chi connectivity index (χ2v) is 8.68. The first-order chi connectivity index (χ1) is 16.4. The van der Waals surface area contributed by atoms with E-state index in [9.17, 15) is 13.9 Å².